The fourth-order valence-electron chi connectivity index (χ4n) is 2.40. The number of hydrogen-bond acceptors (Lipinski definition) is 3. The molecule has 1 unspecified atom stereocenters. The zero-order valence-corrected chi connectivity index (χ0v) is 10.6. The Balaban J connectivity index is 1.84. The molecule has 1 aliphatic heterocycles. The lowest BCUT2D eigenvalue weighted by Gasteiger charge is -2.39. The maximum atomic E-state index is 11.9. The highest BCUT2D eigenvalue weighted by Crippen LogP contribution is 2.32. The molecule has 1 heterocycles. The minimum atomic E-state index is -1.04. The second-order valence-corrected chi connectivity index (χ2v) is 5.19. The number of nitrogens with zero attached hydrogens (tertiary/aromatic N) is 1. The topological polar surface area (TPSA) is 78.9 Å². The smallest absolute Gasteiger partial charge is 0.329 e. The number of carbonyl (C=O) groups is 2. The molecule has 0 spiro atoms. The van der Waals surface area contributed by atoms with Crippen molar-refractivity contribution in [2.24, 2.45) is 0 Å². The summed E-state index contributed by atoms with van der Waals surface area (Å²) >= 11 is 0. The van der Waals surface area contributed by atoms with Gasteiger partial charge in [-0.25, -0.2) is 9.59 Å². The molecule has 6 nitrogen and oxygen atoms in total. The average Bonchev–Trinajstić information content (AvgIpc) is 2.75. The maximum absolute atomic E-state index is 11.9. The monoisotopic (exact) mass is 256 g/mol. The predicted molar refractivity (Wildman–Crippen MR) is 64.4 cm³/mol. The Bertz CT molecular complexity index is 335. The van der Waals surface area contributed by atoms with Gasteiger partial charge in [0.1, 0.15) is 5.54 Å². The van der Waals surface area contributed by atoms with Crippen LogP contribution in [-0.2, 0) is 9.53 Å². The van der Waals surface area contributed by atoms with Gasteiger partial charge in [0.2, 0.25) is 0 Å². The molecule has 0 aromatic carbocycles. The van der Waals surface area contributed by atoms with E-state index in [1.807, 2.05) is 0 Å². The minimum absolute atomic E-state index is 0.0860. The number of carboxylic acids is 1. The van der Waals surface area contributed by atoms with Gasteiger partial charge >= 0.3 is 12.0 Å². The molecule has 0 aromatic heterocycles. The van der Waals surface area contributed by atoms with Crippen molar-refractivity contribution in [3.05, 3.63) is 0 Å². The van der Waals surface area contributed by atoms with Crippen LogP contribution in [0.3, 0.4) is 0 Å². The van der Waals surface area contributed by atoms with E-state index < -0.39 is 11.5 Å². The number of amides is 2. The van der Waals surface area contributed by atoms with E-state index in [1.54, 1.807) is 7.05 Å². The van der Waals surface area contributed by atoms with Gasteiger partial charge in [-0.05, 0) is 32.1 Å². The fraction of sp³-hybridized carbons (Fsp3) is 0.833. The van der Waals surface area contributed by atoms with Crippen LogP contribution in [0.1, 0.15) is 32.1 Å². The van der Waals surface area contributed by atoms with Gasteiger partial charge in [0, 0.05) is 20.2 Å². The number of likely N-dealkylation sites (N-methyl/N-ethyl adjacent to an activating group) is 1. The van der Waals surface area contributed by atoms with Crippen LogP contribution in [0, 0.1) is 0 Å². The number of ether oxygens (including phenoxy) is 1. The Morgan fingerprint density at radius 3 is 2.61 bits per heavy atom. The fourth-order valence-corrected chi connectivity index (χ4v) is 2.40. The highest BCUT2D eigenvalue weighted by molar-refractivity contribution is 5.87. The molecule has 0 radical (unpaired) electrons. The first-order chi connectivity index (χ1) is 8.53. The molecule has 1 saturated carbocycles. The molecular formula is C12H20N2O4. The summed E-state index contributed by atoms with van der Waals surface area (Å²) in [5.41, 5.74) is -1.04. The number of hydrogen-bond donors (Lipinski definition) is 2. The van der Waals surface area contributed by atoms with E-state index in [1.165, 1.54) is 4.90 Å². The SMILES string of the molecule is CN(CC1CCCO1)C(=O)NC1(C(=O)O)CCC1. The molecule has 2 aliphatic rings. The van der Waals surface area contributed by atoms with Crippen LogP contribution in [0.5, 0.6) is 0 Å². The van der Waals surface area contributed by atoms with Crippen molar-refractivity contribution >= 4 is 12.0 Å². The molecule has 6 heteroatoms. The number of rotatable bonds is 4. The maximum Gasteiger partial charge on any atom is 0.329 e. The van der Waals surface area contributed by atoms with Gasteiger partial charge in [0.25, 0.3) is 0 Å². The second kappa shape index (κ2) is 5.14. The predicted octanol–water partition coefficient (Wildman–Crippen LogP) is 0.814. The normalized spacial score (nSPS) is 25.3. The Hall–Kier alpha value is -1.30. The van der Waals surface area contributed by atoms with Gasteiger partial charge in [0.05, 0.1) is 6.10 Å². The van der Waals surface area contributed by atoms with Crippen LogP contribution in [0.2, 0.25) is 0 Å². The summed E-state index contributed by atoms with van der Waals surface area (Å²) in [5.74, 6) is -0.937. The number of carboxylic acid groups (broad SMARTS) is 1. The number of carbonyl (C=O) groups excluding carboxylic acids is 1. The lowest BCUT2D eigenvalue weighted by molar-refractivity contribution is -0.148. The molecule has 102 valence electrons. The first kappa shape index (κ1) is 13.1. The summed E-state index contributed by atoms with van der Waals surface area (Å²) in [7, 11) is 1.67. The van der Waals surface area contributed by atoms with E-state index >= 15 is 0 Å². The van der Waals surface area contributed by atoms with Gasteiger partial charge in [-0.1, -0.05) is 0 Å². The number of urea groups is 1. The lowest BCUT2D eigenvalue weighted by Crippen LogP contribution is -2.61. The van der Waals surface area contributed by atoms with E-state index in [0.29, 0.717) is 19.4 Å². The number of nitrogens with one attached hydrogen (secondary N) is 1. The summed E-state index contributed by atoms with van der Waals surface area (Å²) in [6, 6.07) is -0.326. The van der Waals surface area contributed by atoms with Crippen molar-refractivity contribution in [2.45, 2.75) is 43.7 Å². The Morgan fingerprint density at radius 2 is 2.17 bits per heavy atom. The Kier molecular flexibility index (Phi) is 3.75. The highest BCUT2D eigenvalue weighted by atomic mass is 16.5. The van der Waals surface area contributed by atoms with Crippen molar-refractivity contribution in [2.75, 3.05) is 20.2 Å². The summed E-state index contributed by atoms with van der Waals surface area (Å²) < 4.78 is 5.45. The highest BCUT2D eigenvalue weighted by Gasteiger charge is 2.46. The largest absolute Gasteiger partial charge is 0.480 e. The average molecular weight is 256 g/mol. The third kappa shape index (κ3) is 2.58. The third-order valence-corrected chi connectivity index (χ3v) is 3.81. The van der Waals surface area contributed by atoms with E-state index in [4.69, 9.17) is 9.84 Å². The van der Waals surface area contributed by atoms with Gasteiger partial charge in [-0.2, -0.15) is 0 Å². The first-order valence-electron chi connectivity index (χ1n) is 6.42. The van der Waals surface area contributed by atoms with Crippen molar-refractivity contribution in [3.63, 3.8) is 0 Å². The molecule has 1 saturated heterocycles. The molecule has 18 heavy (non-hydrogen) atoms. The van der Waals surface area contributed by atoms with E-state index in [-0.39, 0.29) is 12.1 Å². The van der Waals surface area contributed by atoms with Crippen LogP contribution >= 0.6 is 0 Å². The molecular weight excluding hydrogens is 236 g/mol. The Labute approximate surface area is 106 Å². The van der Waals surface area contributed by atoms with E-state index in [9.17, 15) is 9.59 Å². The first-order valence-corrected chi connectivity index (χ1v) is 6.42. The third-order valence-electron chi connectivity index (χ3n) is 3.81. The van der Waals surface area contributed by atoms with Gasteiger partial charge in [-0.3, -0.25) is 0 Å². The summed E-state index contributed by atoms with van der Waals surface area (Å²) in [6.45, 7) is 1.26. The van der Waals surface area contributed by atoms with E-state index in [2.05, 4.69) is 5.32 Å². The molecule has 2 rings (SSSR count). The van der Waals surface area contributed by atoms with Crippen molar-refractivity contribution in [1.82, 2.24) is 10.2 Å². The number of aliphatic carboxylic acids is 1. The second-order valence-electron chi connectivity index (χ2n) is 5.19. The standard InChI is InChI=1S/C12H20N2O4/c1-14(8-9-4-2-7-18-9)11(17)13-12(10(15)16)5-3-6-12/h9H,2-8H2,1H3,(H,13,17)(H,15,16). The molecule has 2 N–H and O–H groups in total. The van der Waals surface area contributed by atoms with Gasteiger partial charge in [0.15, 0.2) is 0 Å². The zero-order valence-electron chi connectivity index (χ0n) is 10.6. The van der Waals surface area contributed by atoms with Gasteiger partial charge in [-0.15, -0.1) is 0 Å². The lowest BCUT2D eigenvalue weighted by atomic mass is 9.77. The quantitative estimate of drug-likeness (QED) is 0.780. The zero-order chi connectivity index (χ0) is 13.2. The van der Waals surface area contributed by atoms with Crippen molar-refractivity contribution in [3.8, 4) is 0 Å². The van der Waals surface area contributed by atoms with Crippen LogP contribution in [0.4, 0.5) is 4.79 Å². The molecule has 2 fully saturated rings. The van der Waals surface area contributed by atoms with Crippen molar-refractivity contribution < 1.29 is 19.4 Å². The molecule has 1 atom stereocenters. The summed E-state index contributed by atoms with van der Waals surface area (Å²) in [6.07, 6.45) is 3.95. The molecule has 2 amide bonds. The Morgan fingerprint density at radius 1 is 1.44 bits per heavy atom. The van der Waals surface area contributed by atoms with Gasteiger partial charge < -0.3 is 20.1 Å². The van der Waals surface area contributed by atoms with Crippen LogP contribution in [-0.4, -0.2) is 53.8 Å². The van der Waals surface area contributed by atoms with Crippen LogP contribution < -0.4 is 5.32 Å². The minimum Gasteiger partial charge on any atom is -0.480 e. The van der Waals surface area contributed by atoms with Crippen LogP contribution in [0.25, 0.3) is 0 Å². The molecule has 0 bridgehead atoms. The van der Waals surface area contributed by atoms with Crippen molar-refractivity contribution in [1.29, 1.82) is 0 Å². The molecule has 1 aliphatic carbocycles. The summed E-state index contributed by atoms with van der Waals surface area (Å²) in [5, 5.41) is 11.8. The molecule has 0 aromatic rings. The summed E-state index contributed by atoms with van der Waals surface area (Å²) in [4.78, 5) is 24.6. The van der Waals surface area contributed by atoms with E-state index in [0.717, 1.165) is 25.9 Å². The van der Waals surface area contributed by atoms with Crippen LogP contribution in [0.15, 0.2) is 0 Å².